The molecule has 1 heterocycles. The van der Waals surface area contributed by atoms with E-state index >= 15 is 0 Å². The smallest absolute Gasteiger partial charge is 0.252 e. The Hall–Kier alpha value is -3.37. The maximum absolute atomic E-state index is 13.2. The number of amides is 1. The van der Waals surface area contributed by atoms with E-state index in [2.05, 4.69) is 71.9 Å². The zero-order chi connectivity index (χ0) is 23.7. The maximum atomic E-state index is 13.2. The zero-order valence-corrected chi connectivity index (χ0v) is 20.2. The molecule has 1 N–H and O–H groups in total. The average molecular weight is 453 g/mol. The molecule has 0 radical (unpaired) electrons. The normalized spacial score (nSPS) is 16.3. The molecule has 1 aliphatic carbocycles. The number of fused-ring (bicyclic) bond motifs is 3. The van der Waals surface area contributed by atoms with Crippen molar-refractivity contribution >= 4 is 27.5 Å². The third-order valence-electron chi connectivity index (χ3n) is 7.16. The van der Waals surface area contributed by atoms with Gasteiger partial charge in [0.2, 0.25) is 0 Å². The summed E-state index contributed by atoms with van der Waals surface area (Å²) in [7, 11) is 3.76. The van der Waals surface area contributed by atoms with Crippen LogP contribution in [-0.4, -0.2) is 38.1 Å². The molecule has 1 aliphatic heterocycles. The Balaban J connectivity index is 0.000000429. The molecule has 0 spiro atoms. The lowest BCUT2D eigenvalue weighted by molar-refractivity contribution is 0.0930. The number of methoxy groups -OCH3 is 1. The average Bonchev–Trinajstić information content (AvgIpc) is 3.63. The highest BCUT2D eigenvalue weighted by Crippen LogP contribution is 2.49. The molecule has 0 atom stereocenters. The van der Waals surface area contributed by atoms with Gasteiger partial charge in [0.15, 0.2) is 0 Å². The van der Waals surface area contributed by atoms with Crippen LogP contribution in [-0.2, 0) is 5.54 Å². The second-order valence-corrected chi connectivity index (χ2v) is 9.56. The molecule has 34 heavy (non-hydrogen) atoms. The Kier molecular flexibility index (Phi) is 6.01. The van der Waals surface area contributed by atoms with Crippen molar-refractivity contribution in [3.63, 3.8) is 0 Å². The molecule has 4 aromatic rings. The highest BCUT2D eigenvalue weighted by atomic mass is 16.5. The summed E-state index contributed by atoms with van der Waals surface area (Å²) in [5, 5.41) is 8.26. The molecule has 4 aromatic carbocycles. The van der Waals surface area contributed by atoms with E-state index in [1.54, 1.807) is 7.11 Å². The number of ether oxygens (including phenoxy) is 1. The highest BCUT2D eigenvalue weighted by Gasteiger charge is 2.47. The van der Waals surface area contributed by atoms with Crippen molar-refractivity contribution < 1.29 is 9.53 Å². The number of hydrogen-bond donors (Lipinski definition) is 1. The molecule has 0 unspecified atom stereocenters. The molecule has 1 saturated carbocycles. The second kappa shape index (κ2) is 9.11. The van der Waals surface area contributed by atoms with Gasteiger partial charge in [-0.25, -0.2) is 0 Å². The first-order valence-corrected chi connectivity index (χ1v) is 12.1. The first-order valence-electron chi connectivity index (χ1n) is 12.1. The summed E-state index contributed by atoms with van der Waals surface area (Å²) in [6.07, 6.45) is 3.31. The highest BCUT2D eigenvalue weighted by molar-refractivity contribution is 6.09. The largest absolute Gasteiger partial charge is 0.497 e. The van der Waals surface area contributed by atoms with Crippen molar-refractivity contribution in [1.29, 1.82) is 0 Å². The van der Waals surface area contributed by atoms with Crippen molar-refractivity contribution in [3.05, 3.63) is 89.5 Å². The Morgan fingerprint density at radius 1 is 0.912 bits per heavy atom. The lowest BCUT2D eigenvalue weighted by Crippen LogP contribution is -2.35. The van der Waals surface area contributed by atoms with Gasteiger partial charge in [0.25, 0.3) is 5.91 Å². The van der Waals surface area contributed by atoms with Gasteiger partial charge in [-0.15, -0.1) is 0 Å². The van der Waals surface area contributed by atoms with Gasteiger partial charge in [-0.05, 0) is 97.2 Å². The summed E-state index contributed by atoms with van der Waals surface area (Å²) >= 11 is 0. The number of hydrogen-bond acceptors (Lipinski definition) is 3. The Morgan fingerprint density at radius 2 is 1.56 bits per heavy atom. The minimum Gasteiger partial charge on any atom is -0.497 e. The first kappa shape index (κ1) is 22.4. The lowest BCUT2D eigenvalue weighted by atomic mass is 9.92. The molecule has 6 rings (SSSR count). The number of aryl methyl sites for hydroxylation is 1. The fourth-order valence-electron chi connectivity index (χ4n) is 4.77. The molecule has 2 fully saturated rings. The van der Waals surface area contributed by atoms with Crippen LogP contribution >= 0.6 is 0 Å². The SMILES string of the molecule is CN1CCC1.COc1ccc(C)c(C(=O)NC2(c3cc4ccccc4c4ccccc34)CC2)c1. The molecule has 4 nitrogen and oxygen atoms in total. The number of nitrogens with zero attached hydrogens (tertiary/aromatic N) is 1. The van der Waals surface area contributed by atoms with E-state index in [1.807, 2.05) is 25.1 Å². The molecular formula is C30H32N2O2. The molecule has 4 heteroatoms. The molecule has 0 aromatic heterocycles. The molecule has 1 amide bonds. The number of likely N-dealkylation sites (tertiary alicyclic amines) is 1. The monoisotopic (exact) mass is 452 g/mol. The first-order chi connectivity index (χ1) is 16.5. The van der Waals surface area contributed by atoms with Crippen LogP contribution in [0.3, 0.4) is 0 Å². The number of rotatable bonds is 4. The molecule has 1 saturated heterocycles. The van der Waals surface area contributed by atoms with Gasteiger partial charge in [-0.1, -0.05) is 54.6 Å². The van der Waals surface area contributed by atoms with Gasteiger partial charge in [0.05, 0.1) is 12.6 Å². The molecular weight excluding hydrogens is 420 g/mol. The fourth-order valence-corrected chi connectivity index (χ4v) is 4.77. The minimum atomic E-state index is -0.309. The van der Waals surface area contributed by atoms with Gasteiger partial charge < -0.3 is 15.0 Å². The summed E-state index contributed by atoms with van der Waals surface area (Å²) in [6, 6.07) is 24.8. The van der Waals surface area contributed by atoms with Crippen LogP contribution in [0.15, 0.2) is 72.8 Å². The van der Waals surface area contributed by atoms with Gasteiger partial charge in [-0.3, -0.25) is 4.79 Å². The van der Waals surface area contributed by atoms with Crippen molar-refractivity contribution in [1.82, 2.24) is 10.2 Å². The van der Waals surface area contributed by atoms with Crippen LogP contribution in [0, 0.1) is 6.92 Å². The van der Waals surface area contributed by atoms with E-state index in [9.17, 15) is 4.79 Å². The number of carbonyl (C=O) groups is 1. The van der Waals surface area contributed by atoms with Crippen molar-refractivity contribution in [2.24, 2.45) is 0 Å². The maximum Gasteiger partial charge on any atom is 0.252 e. The topological polar surface area (TPSA) is 41.6 Å². The minimum absolute atomic E-state index is 0.0452. The van der Waals surface area contributed by atoms with E-state index in [1.165, 1.54) is 46.6 Å². The Labute approximate surface area is 201 Å². The number of benzene rings is 4. The summed E-state index contributed by atoms with van der Waals surface area (Å²) in [5.41, 5.74) is 2.51. The molecule has 2 aliphatic rings. The van der Waals surface area contributed by atoms with E-state index < -0.39 is 0 Å². The predicted molar refractivity (Wildman–Crippen MR) is 140 cm³/mol. The molecule has 0 bridgehead atoms. The van der Waals surface area contributed by atoms with Crippen LogP contribution in [0.5, 0.6) is 5.75 Å². The van der Waals surface area contributed by atoms with Crippen LogP contribution < -0.4 is 10.1 Å². The van der Waals surface area contributed by atoms with E-state index in [4.69, 9.17) is 4.74 Å². The van der Waals surface area contributed by atoms with E-state index in [0.717, 1.165) is 18.4 Å². The van der Waals surface area contributed by atoms with Gasteiger partial charge in [-0.2, -0.15) is 0 Å². The van der Waals surface area contributed by atoms with Gasteiger partial charge >= 0.3 is 0 Å². The summed E-state index contributed by atoms with van der Waals surface area (Å²) in [5.74, 6) is 0.651. The van der Waals surface area contributed by atoms with Gasteiger partial charge in [0.1, 0.15) is 5.75 Å². The Bertz CT molecular complexity index is 1350. The lowest BCUT2D eigenvalue weighted by Gasteiger charge is -2.24. The van der Waals surface area contributed by atoms with Crippen LogP contribution in [0.4, 0.5) is 0 Å². The van der Waals surface area contributed by atoms with E-state index in [-0.39, 0.29) is 11.4 Å². The standard InChI is InChI=1S/C26H23NO2.C4H9N/c1-17-11-12-19(29-2)16-23(17)25(28)27-26(13-14-26)24-15-18-7-3-4-8-20(18)21-9-5-6-10-22(21)24;1-5-3-2-4-5/h3-12,15-16H,13-14H2,1-2H3,(H,27,28);2-4H2,1H3. The Morgan fingerprint density at radius 3 is 2.18 bits per heavy atom. The van der Waals surface area contributed by atoms with Gasteiger partial charge in [0, 0.05) is 5.56 Å². The van der Waals surface area contributed by atoms with Crippen molar-refractivity contribution in [3.8, 4) is 5.75 Å². The van der Waals surface area contributed by atoms with Crippen molar-refractivity contribution in [2.45, 2.75) is 31.7 Å². The third kappa shape index (κ3) is 4.26. The zero-order valence-electron chi connectivity index (χ0n) is 20.2. The predicted octanol–water partition coefficient (Wildman–Crippen LogP) is 6.05. The van der Waals surface area contributed by atoms with E-state index in [0.29, 0.717) is 11.3 Å². The summed E-state index contributed by atoms with van der Waals surface area (Å²) < 4.78 is 5.32. The summed E-state index contributed by atoms with van der Waals surface area (Å²) in [6.45, 7) is 4.60. The second-order valence-electron chi connectivity index (χ2n) is 9.56. The fraction of sp³-hybridized carbons (Fsp3) is 0.300. The number of nitrogens with one attached hydrogen (secondary N) is 1. The third-order valence-corrected chi connectivity index (χ3v) is 7.16. The van der Waals surface area contributed by atoms with Crippen LogP contribution in [0.2, 0.25) is 0 Å². The summed E-state index contributed by atoms with van der Waals surface area (Å²) in [4.78, 5) is 15.5. The quantitative estimate of drug-likeness (QED) is 0.383. The van der Waals surface area contributed by atoms with Crippen LogP contribution in [0.25, 0.3) is 21.5 Å². The number of carbonyl (C=O) groups excluding carboxylic acids is 1. The van der Waals surface area contributed by atoms with Crippen molar-refractivity contribution in [2.75, 3.05) is 27.2 Å². The van der Waals surface area contributed by atoms with Crippen LogP contribution in [0.1, 0.15) is 40.7 Å². The molecule has 174 valence electrons.